The van der Waals surface area contributed by atoms with Crippen LogP contribution in [0.15, 0.2) is 24.1 Å². The molecule has 0 spiro atoms. The maximum Gasteiger partial charge on any atom is 0.0248 e. The highest BCUT2D eigenvalue weighted by Gasteiger charge is 2.15. The summed E-state index contributed by atoms with van der Waals surface area (Å²) in [6.07, 6.45) is 3.21. The van der Waals surface area contributed by atoms with Crippen LogP contribution in [0.5, 0.6) is 0 Å². The Morgan fingerprint density at radius 1 is 1.67 bits per heavy atom. The van der Waals surface area contributed by atoms with Crippen molar-refractivity contribution in [3.05, 3.63) is 34.5 Å². The van der Waals surface area contributed by atoms with Crippen LogP contribution in [0.3, 0.4) is 0 Å². The number of hydrogen-bond donors (Lipinski definition) is 0. The molecule has 1 aliphatic rings. The van der Waals surface area contributed by atoms with Crippen LogP contribution in [0.1, 0.15) is 10.4 Å². The van der Waals surface area contributed by atoms with E-state index in [2.05, 4.69) is 22.9 Å². The largest absolute Gasteiger partial charge is 0.295 e. The Morgan fingerprint density at radius 3 is 3.42 bits per heavy atom. The van der Waals surface area contributed by atoms with Gasteiger partial charge in [-0.1, -0.05) is 6.08 Å². The van der Waals surface area contributed by atoms with Crippen LogP contribution >= 0.6 is 11.3 Å². The molecule has 1 aromatic rings. The van der Waals surface area contributed by atoms with Crippen LogP contribution in [0.2, 0.25) is 0 Å². The predicted molar refractivity (Wildman–Crippen MR) is 53.5 cm³/mol. The minimum Gasteiger partial charge on any atom is -0.295 e. The summed E-state index contributed by atoms with van der Waals surface area (Å²) in [5.41, 5.74) is 1.52. The third kappa shape index (κ3) is 1.45. The van der Waals surface area contributed by atoms with Crippen molar-refractivity contribution in [1.29, 1.82) is 0 Å². The molecule has 0 radical (unpaired) electrons. The Hall–Kier alpha value is -0.600. The van der Waals surface area contributed by atoms with E-state index < -0.39 is 0 Å². The van der Waals surface area contributed by atoms with Crippen molar-refractivity contribution in [3.63, 3.8) is 0 Å². The van der Waals surface area contributed by atoms with Gasteiger partial charge in [0.15, 0.2) is 0 Å². The first-order valence-corrected chi connectivity index (χ1v) is 5.16. The molecule has 0 amide bonds. The molecule has 0 bridgehead atoms. The Bertz CT molecular complexity index is 277. The third-order valence-electron chi connectivity index (χ3n) is 2.27. The first-order chi connectivity index (χ1) is 5.90. The molecule has 0 aromatic carbocycles. The molecule has 0 saturated carbocycles. The minimum absolute atomic E-state index is 1.02. The second kappa shape index (κ2) is 3.42. The normalized spacial score (nSPS) is 17.3. The highest BCUT2D eigenvalue weighted by molar-refractivity contribution is 7.10. The Kier molecular flexibility index (Phi) is 2.28. The topological polar surface area (TPSA) is 3.24 Å². The van der Waals surface area contributed by atoms with Crippen molar-refractivity contribution in [3.8, 4) is 0 Å². The second-order valence-corrected chi connectivity index (χ2v) is 4.14. The molecule has 1 aromatic heterocycles. The molecule has 0 saturated heterocycles. The lowest BCUT2D eigenvalue weighted by Crippen LogP contribution is -2.29. The number of rotatable bonds is 2. The van der Waals surface area contributed by atoms with E-state index in [-0.39, 0.29) is 0 Å². The molecular formula is C10H13NS. The maximum absolute atomic E-state index is 3.76. The second-order valence-electron chi connectivity index (χ2n) is 3.14. The third-order valence-corrected chi connectivity index (χ3v) is 3.30. The lowest BCUT2D eigenvalue weighted by molar-refractivity contribution is 0.284. The van der Waals surface area contributed by atoms with Gasteiger partial charge in [0.25, 0.3) is 0 Å². The predicted octanol–water partition coefficient (Wildman–Crippen LogP) is 2.29. The van der Waals surface area contributed by atoms with Crippen molar-refractivity contribution in [1.82, 2.24) is 4.90 Å². The molecule has 1 nitrogen and oxygen atoms in total. The van der Waals surface area contributed by atoms with E-state index >= 15 is 0 Å². The fourth-order valence-corrected chi connectivity index (χ4v) is 2.53. The van der Waals surface area contributed by atoms with Gasteiger partial charge in [-0.15, -0.1) is 17.9 Å². The van der Waals surface area contributed by atoms with Crippen molar-refractivity contribution in [2.45, 2.75) is 13.0 Å². The Balaban J connectivity index is 2.09. The van der Waals surface area contributed by atoms with Crippen molar-refractivity contribution in [2.24, 2.45) is 0 Å². The van der Waals surface area contributed by atoms with Gasteiger partial charge in [0.2, 0.25) is 0 Å². The zero-order valence-electron chi connectivity index (χ0n) is 7.12. The molecule has 0 N–H and O–H groups in total. The van der Waals surface area contributed by atoms with E-state index in [9.17, 15) is 0 Å². The van der Waals surface area contributed by atoms with Crippen molar-refractivity contribution >= 4 is 11.3 Å². The molecule has 1 aliphatic heterocycles. The van der Waals surface area contributed by atoms with Gasteiger partial charge in [-0.05, 0) is 23.4 Å². The molecule has 64 valence electrons. The van der Waals surface area contributed by atoms with E-state index in [0.29, 0.717) is 0 Å². The van der Waals surface area contributed by atoms with E-state index in [4.69, 9.17) is 0 Å². The number of nitrogens with zero attached hydrogens (tertiary/aromatic N) is 1. The van der Waals surface area contributed by atoms with Gasteiger partial charge in [0.05, 0.1) is 0 Å². The molecule has 0 unspecified atom stereocenters. The summed E-state index contributed by atoms with van der Waals surface area (Å²) in [7, 11) is 0. The number of thiophene rings is 1. The van der Waals surface area contributed by atoms with Gasteiger partial charge < -0.3 is 0 Å². The first-order valence-electron chi connectivity index (χ1n) is 4.28. The summed E-state index contributed by atoms with van der Waals surface area (Å²) >= 11 is 1.89. The average Bonchev–Trinajstić information content (AvgIpc) is 2.51. The number of hydrogen-bond acceptors (Lipinski definition) is 2. The van der Waals surface area contributed by atoms with Gasteiger partial charge in [-0.3, -0.25) is 4.90 Å². The summed E-state index contributed by atoms with van der Waals surface area (Å²) in [4.78, 5) is 4.01. The van der Waals surface area contributed by atoms with Gasteiger partial charge in [-0.2, -0.15) is 0 Å². The summed E-state index contributed by atoms with van der Waals surface area (Å²) in [5, 5.41) is 2.20. The van der Waals surface area contributed by atoms with Crippen LogP contribution in [-0.4, -0.2) is 18.0 Å². The Morgan fingerprint density at radius 2 is 2.58 bits per heavy atom. The molecule has 0 atom stereocenters. The van der Waals surface area contributed by atoms with E-state index in [1.165, 1.54) is 18.5 Å². The van der Waals surface area contributed by atoms with Crippen LogP contribution < -0.4 is 0 Å². The Labute approximate surface area is 77.3 Å². The standard InChI is InChI=1S/C10H13NS/c1-2-5-11-6-3-10-9(8-11)4-7-12-10/h2,4,7H,1,3,5-6,8H2. The van der Waals surface area contributed by atoms with E-state index in [1.54, 1.807) is 4.88 Å². The minimum atomic E-state index is 1.02. The lowest BCUT2D eigenvalue weighted by atomic mass is 10.1. The first kappa shape index (κ1) is 8.02. The average molecular weight is 179 g/mol. The van der Waals surface area contributed by atoms with Crippen LogP contribution in [0, 0.1) is 0 Å². The SMILES string of the molecule is C=CCN1CCc2sccc2C1. The van der Waals surface area contributed by atoms with Crippen molar-refractivity contribution in [2.75, 3.05) is 13.1 Å². The van der Waals surface area contributed by atoms with E-state index in [1.807, 2.05) is 17.4 Å². The maximum atomic E-state index is 3.76. The molecule has 2 rings (SSSR count). The van der Waals surface area contributed by atoms with Crippen LogP contribution in [0.4, 0.5) is 0 Å². The molecule has 0 aliphatic carbocycles. The number of fused-ring (bicyclic) bond motifs is 1. The highest BCUT2D eigenvalue weighted by Crippen LogP contribution is 2.23. The van der Waals surface area contributed by atoms with Gasteiger partial charge >= 0.3 is 0 Å². The zero-order valence-corrected chi connectivity index (χ0v) is 7.94. The molecular weight excluding hydrogens is 166 g/mol. The van der Waals surface area contributed by atoms with Crippen LogP contribution in [0.25, 0.3) is 0 Å². The van der Waals surface area contributed by atoms with E-state index in [0.717, 1.165) is 13.1 Å². The van der Waals surface area contributed by atoms with Crippen LogP contribution in [-0.2, 0) is 13.0 Å². The molecule has 12 heavy (non-hydrogen) atoms. The van der Waals surface area contributed by atoms with Crippen molar-refractivity contribution < 1.29 is 0 Å². The highest BCUT2D eigenvalue weighted by atomic mass is 32.1. The smallest absolute Gasteiger partial charge is 0.0248 e. The summed E-state index contributed by atoms with van der Waals surface area (Å²) < 4.78 is 0. The summed E-state index contributed by atoms with van der Waals surface area (Å²) in [6, 6.07) is 2.25. The summed E-state index contributed by atoms with van der Waals surface area (Å²) in [5.74, 6) is 0. The molecule has 0 fully saturated rings. The summed E-state index contributed by atoms with van der Waals surface area (Å²) in [6.45, 7) is 7.09. The monoisotopic (exact) mass is 179 g/mol. The fraction of sp³-hybridized carbons (Fsp3) is 0.400. The quantitative estimate of drug-likeness (QED) is 0.630. The zero-order chi connectivity index (χ0) is 8.39. The van der Waals surface area contributed by atoms with Gasteiger partial charge in [0, 0.05) is 24.5 Å². The molecule has 2 heteroatoms. The lowest BCUT2D eigenvalue weighted by Gasteiger charge is -2.25. The van der Waals surface area contributed by atoms with Gasteiger partial charge in [0.1, 0.15) is 0 Å². The molecule has 2 heterocycles. The fourth-order valence-electron chi connectivity index (χ4n) is 1.65. The van der Waals surface area contributed by atoms with Gasteiger partial charge in [-0.25, -0.2) is 0 Å².